The summed E-state index contributed by atoms with van der Waals surface area (Å²) >= 11 is 0. The zero-order chi connectivity index (χ0) is 13.1. The van der Waals surface area contributed by atoms with Gasteiger partial charge in [0.2, 0.25) is 10.0 Å². The van der Waals surface area contributed by atoms with Crippen LogP contribution in [0.5, 0.6) is 0 Å². The third kappa shape index (κ3) is 3.79. The molecule has 0 saturated carbocycles. The Balaban J connectivity index is 2.68. The largest absolute Gasteiger partial charge is 0.381 e. The van der Waals surface area contributed by atoms with Crippen LogP contribution in [0.15, 0.2) is 6.07 Å². The minimum absolute atomic E-state index is 0.0713. The molecule has 0 aliphatic heterocycles. The lowest BCUT2D eigenvalue weighted by Gasteiger charge is -2.07. The van der Waals surface area contributed by atoms with E-state index in [0.29, 0.717) is 6.07 Å². The van der Waals surface area contributed by atoms with E-state index in [2.05, 4.69) is 15.0 Å². The van der Waals surface area contributed by atoms with E-state index in [1.54, 1.807) is 0 Å². The van der Waals surface area contributed by atoms with Gasteiger partial charge < -0.3 is 11.1 Å². The van der Waals surface area contributed by atoms with Crippen LogP contribution in [0.3, 0.4) is 0 Å². The third-order valence-corrected chi connectivity index (χ3v) is 3.29. The number of rotatable bonds is 5. The molecular weight excluding hydrogens is 254 g/mol. The van der Waals surface area contributed by atoms with Crippen LogP contribution in [0.25, 0.3) is 0 Å². The molecule has 9 heteroatoms. The number of nitrogen functional groups attached to an aromatic ring is 1. The summed E-state index contributed by atoms with van der Waals surface area (Å²) in [5.74, 6) is -2.89. The molecule has 1 aromatic heterocycles. The van der Waals surface area contributed by atoms with Crippen molar-refractivity contribution in [3.63, 3.8) is 0 Å². The van der Waals surface area contributed by atoms with Crippen LogP contribution in [0.1, 0.15) is 0 Å². The van der Waals surface area contributed by atoms with Crippen LogP contribution < -0.4 is 15.8 Å². The van der Waals surface area contributed by atoms with Crippen LogP contribution in [0, 0.1) is 11.6 Å². The molecule has 4 N–H and O–H groups in total. The lowest BCUT2D eigenvalue weighted by atomic mass is 10.4. The molecule has 0 spiro atoms. The number of aromatic nitrogens is 1. The number of sulfonamides is 1. The lowest BCUT2D eigenvalue weighted by molar-refractivity contribution is 0.578. The highest BCUT2D eigenvalue weighted by Gasteiger charge is 2.11. The van der Waals surface area contributed by atoms with Crippen molar-refractivity contribution in [1.82, 2.24) is 9.71 Å². The summed E-state index contributed by atoms with van der Waals surface area (Å²) in [6.07, 6.45) is 0. The highest BCUT2D eigenvalue weighted by Crippen LogP contribution is 2.16. The topological polar surface area (TPSA) is 97.1 Å². The van der Waals surface area contributed by atoms with Gasteiger partial charge >= 0.3 is 0 Å². The molecule has 17 heavy (non-hydrogen) atoms. The zero-order valence-electron chi connectivity index (χ0n) is 9.00. The Hall–Kier alpha value is -1.48. The summed E-state index contributed by atoms with van der Waals surface area (Å²) in [5, 5.41) is 2.42. The van der Waals surface area contributed by atoms with Crippen molar-refractivity contribution >= 4 is 21.7 Å². The standard InChI is InChI=1S/C8H12F2N4O2S/c1-12-17(15,16)3-2-13-8-6(10)4-5(9)7(11)14-8/h4,12H,2-3H2,1H3,(H3,11,13,14). The van der Waals surface area contributed by atoms with E-state index in [0.717, 1.165) is 0 Å². The van der Waals surface area contributed by atoms with Crippen molar-refractivity contribution in [2.75, 3.05) is 30.4 Å². The summed E-state index contributed by atoms with van der Waals surface area (Å²) in [6.45, 7) is -0.0713. The number of hydrogen-bond acceptors (Lipinski definition) is 5. The van der Waals surface area contributed by atoms with Gasteiger partial charge in [0.25, 0.3) is 0 Å². The van der Waals surface area contributed by atoms with Gasteiger partial charge in [0.15, 0.2) is 23.3 Å². The second-order valence-corrected chi connectivity index (χ2v) is 5.18. The van der Waals surface area contributed by atoms with E-state index in [9.17, 15) is 17.2 Å². The Kier molecular flexibility index (Phi) is 4.18. The van der Waals surface area contributed by atoms with Crippen molar-refractivity contribution in [3.8, 4) is 0 Å². The summed E-state index contributed by atoms with van der Waals surface area (Å²) < 4.78 is 50.1. The Morgan fingerprint density at radius 3 is 2.65 bits per heavy atom. The predicted molar refractivity (Wildman–Crippen MR) is 59.9 cm³/mol. The first-order valence-corrected chi connectivity index (χ1v) is 6.27. The molecule has 96 valence electrons. The van der Waals surface area contributed by atoms with E-state index < -0.39 is 27.5 Å². The van der Waals surface area contributed by atoms with Gasteiger partial charge in [-0.15, -0.1) is 0 Å². The number of nitrogens with two attached hydrogens (primary N) is 1. The summed E-state index contributed by atoms with van der Waals surface area (Å²) in [4.78, 5) is 3.42. The molecule has 0 aromatic carbocycles. The van der Waals surface area contributed by atoms with Gasteiger partial charge in [-0.25, -0.2) is 26.9 Å². The van der Waals surface area contributed by atoms with E-state index in [4.69, 9.17) is 5.73 Å². The van der Waals surface area contributed by atoms with Crippen LogP contribution in [-0.2, 0) is 10.0 Å². The fourth-order valence-electron chi connectivity index (χ4n) is 1.01. The lowest BCUT2D eigenvalue weighted by Crippen LogP contribution is -2.26. The second kappa shape index (κ2) is 5.23. The Bertz CT molecular complexity index is 506. The number of nitrogens with one attached hydrogen (secondary N) is 2. The normalized spacial score (nSPS) is 11.5. The molecule has 1 rings (SSSR count). The molecule has 1 heterocycles. The second-order valence-electron chi connectivity index (χ2n) is 3.14. The summed E-state index contributed by atoms with van der Waals surface area (Å²) in [7, 11) is -2.12. The summed E-state index contributed by atoms with van der Waals surface area (Å²) in [6, 6.07) is 0.581. The first kappa shape index (κ1) is 13.6. The number of nitrogens with zero attached hydrogens (tertiary/aromatic N) is 1. The van der Waals surface area contributed by atoms with Gasteiger partial charge in [-0.3, -0.25) is 0 Å². The van der Waals surface area contributed by atoms with Crippen molar-refractivity contribution in [3.05, 3.63) is 17.7 Å². The molecular formula is C8H12F2N4O2S. The average Bonchev–Trinajstić information content (AvgIpc) is 2.25. The highest BCUT2D eigenvalue weighted by molar-refractivity contribution is 7.89. The molecule has 0 bridgehead atoms. The van der Waals surface area contributed by atoms with Crippen LogP contribution >= 0.6 is 0 Å². The highest BCUT2D eigenvalue weighted by atomic mass is 32.2. The van der Waals surface area contributed by atoms with Crippen molar-refractivity contribution in [2.45, 2.75) is 0 Å². The summed E-state index contributed by atoms with van der Waals surface area (Å²) in [5.41, 5.74) is 5.15. The van der Waals surface area contributed by atoms with E-state index in [-0.39, 0.29) is 18.1 Å². The average molecular weight is 266 g/mol. The maximum absolute atomic E-state index is 13.1. The molecule has 0 unspecified atom stereocenters. The fraction of sp³-hybridized carbons (Fsp3) is 0.375. The van der Waals surface area contributed by atoms with Crippen LogP contribution in [0.2, 0.25) is 0 Å². The third-order valence-electron chi connectivity index (χ3n) is 1.93. The Morgan fingerprint density at radius 2 is 2.06 bits per heavy atom. The van der Waals surface area contributed by atoms with E-state index in [1.165, 1.54) is 7.05 Å². The van der Waals surface area contributed by atoms with Gasteiger partial charge in [-0.2, -0.15) is 0 Å². The first-order chi connectivity index (χ1) is 7.85. The fourth-order valence-corrected chi connectivity index (χ4v) is 1.59. The Labute approximate surface area is 97.3 Å². The monoisotopic (exact) mass is 266 g/mol. The molecule has 0 radical (unpaired) electrons. The molecule has 1 aromatic rings. The molecule has 0 fully saturated rings. The van der Waals surface area contributed by atoms with Crippen molar-refractivity contribution < 1.29 is 17.2 Å². The number of anilines is 2. The van der Waals surface area contributed by atoms with Crippen LogP contribution in [-0.4, -0.2) is 32.7 Å². The van der Waals surface area contributed by atoms with Gasteiger partial charge in [0, 0.05) is 12.6 Å². The minimum Gasteiger partial charge on any atom is -0.381 e. The van der Waals surface area contributed by atoms with Gasteiger partial charge in [-0.05, 0) is 7.05 Å². The maximum Gasteiger partial charge on any atom is 0.213 e. The molecule has 0 atom stereocenters. The molecule has 0 saturated heterocycles. The number of halogens is 2. The SMILES string of the molecule is CNS(=O)(=O)CCNc1nc(N)c(F)cc1F. The number of hydrogen-bond donors (Lipinski definition) is 3. The Morgan fingerprint density at radius 1 is 1.41 bits per heavy atom. The van der Waals surface area contributed by atoms with E-state index >= 15 is 0 Å². The first-order valence-electron chi connectivity index (χ1n) is 4.62. The maximum atomic E-state index is 13.1. The van der Waals surface area contributed by atoms with Crippen LogP contribution in [0.4, 0.5) is 20.4 Å². The van der Waals surface area contributed by atoms with Crippen molar-refractivity contribution in [1.29, 1.82) is 0 Å². The molecule has 0 amide bonds. The minimum atomic E-state index is -3.39. The number of pyridine rings is 1. The smallest absolute Gasteiger partial charge is 0.213 e. The molecule has 0 aliphatic carbocycles. The van der Waals surface area contributed by atoms with Gasteiger partial charge in [-0.1, -0.05) is 0 Å². The molecule has 6 nitrogen and oxygen atoms in total. The van der Waals surface area contributed by atoms with E-state index in [1.807, 2.05) is 0 Å². The van der Waals surface area contributed by atoms with Gasteiger partial charge in [0.05, 0.1) is 5.75 Å². The predicted octanol–water partition coefficient (Wildman–Crippen LogP) is -0.0969. The quantitative estimate of drug-likeness (QED) is 0.691. The zero-order valence-corrected chi connectivity index (χ0v) is 9.81. The molecule has 0 aliphatic rings. The van der Waals surface area contributed by atoms with Crippen molar-refractivity contribution in [2.24, 2.45) is 0 Å². The van der Waals surface area contributed by atoms with Gasteiger partial charge in [0.1, 0.15) is 0 Å².